The third-order valence-electron chi connectivity index (χ3n) is 3.63. The zero-order valence-corrected chi connectivity index (χ0v) is 14.6. The Kier molecular flexibility index (Phi) is 5.13. The summed E-state index contributed by atoms with van der Waals surface area (Å²) >= 11 is 0. The van der Waals surface area contributed by atoms with Crippen molar-refractivity contribution in [1.82, 2.24) is 10.0 Å². The first-order valence-electron chi connectivity index (χ1n) is 7.77. The van der Waals surface area contributed by atoms with Crippen molar-refractivity contribution in [3.8, 4) is 0 Å². The molecule has 1 aromatic rings. The van der Waals surface area contributed by atoms with Crippen molar-refractivity contribution < 1.29 is 13.2 Å². The zero-order chi connectivity index (χ0) is 17.3. The molecule has 4 N–H and O–H groups in total. The minimum atomic E-state index is -3.59. The predicted molar refractivity (Wildman–Crippen MR) is 89.5 cm³/mol. The van der Waals surface area contributed by atoms with Gasteiger partial charge < -0.3 is 11.1 Å². The van der Waals surface area contributed by atoms with Crippen LogP contribution in [0.1, 0.15) is 44.0 Å². The number of benzene rings is 1. The van der Waals surface area contributed by atoms with Crippen molar-refractivity contribution in [1.29, 1.82) is 0 Å². The van der Waals surface area contributed by atoms with E-state index in [-0.39, 0.29) is 16.8 Å². The van der Waals surface area contributed by atoms with Crippen LogP contribution >= 0.6 is 0 Å². The number of sulfonamides is 1. The van der Waals surface area contributed by atoms with Crippen molar-refractivity contribution in [2.24, 2.45) is 11.7 Å². The van der Waals surface area contributed by atoms with Crippen LogP contribution in [0.15, 0.2) is 29.2 Å². The lowest BCUT2D eigenvalue weighted by Gasteiger charge is -2.20. The van der Waals surface area contributed by atoms with Crippen LogP contribution in [-0.4, -0.2) is 32.5 Å². The van der Waals surface area contributed by atoms with Gasteiger partial charge in [-0.05, 0) is 63.8 Å². The fourth-order valence-electron chi connectivity index (χ4n) is 2.37. The second-order valence-corrected chi connectivity index (χ2v) is 8.72. The number of carbonyl (C=O) groups is 1. The van der Waals surface area contributed by atoms with Crippen molar-refractivity contribution in [2.45, 2.75) is 50.1 Å². The van der Waals surface area contributed by atoms with Crippen LogP contribution in [0.2, 0.25) is 0 Å². The SMILES string of the molecule is CC(C)(C)NS(=O)(=O)c1ccc(C(=O)NC(CN)C2CC2)cc1. The molecule has 1 aliphatic rings. The Morgan fingerprint density at radius 2 is 1.83 bits per heavy atom. The van der Waals surface area contributed by atoms with Gasteiger partial charge >= 0.3 is 0 Å². The number of hydrogen-bond acceptors (Lipinski definition) is 4. The van der Waals surface area contributed by atoms with E-state index in [0.29, 0.717) is 18.0 Å². The molecular formula is C16H25N3O3S. The Labute approximate surface area is 137 Å². The van der Waals surface area contributed by atoms with Crippen LogP contribution in [0.3, 0.4) is 0 Å². The summed E-state index contributed by atoms with van der Waals surface area (Å²) in [4.78, 5) is 12.3. The standard InChI is InChI=1S/C16H25N3O3S/c1-16(2,3)19-23(21,22)13-8-6-12(7-9-13)15(20)18-14(10-17)11-4-5-11/h6-9,11,14,19H,4-5,10,17H2,1-3H3,(H,18,20). The number of carbonyl (C=O) groups excluding carboxylic acids is 1. The summed E-state index contributed by atoms with van der Waals surface area (Å²) in [6, 6.07) is 5.92. The van der Waals surface area contributed by atoms with E-state index in [4.69, 9.17) is 5.73 Å². The van der Waals surface area contributed by atoms with E-state index in [1.807, 2.05) is 0 Å². The van der Waals surface area contributed by atoms with Crippen molar-refractivity contribution >= 4 is 15.9 Å². The van der Waals surface area contributed by atoms with Gasteiger partial charge in [-0.25, -0.2) is 13.1 Å². The summed E-state index contributed by atoms with van der Waals surface area (Å²) < 4.78 is 27.0. The highest BCUT2D eigenvalue weighted by molar-refractivity contribution is 7.89. The molecule has 0 aliphatic heterocycles. The van der Waals surface area contributed by atoms with Gasteiger partial charge in [-0.1, -0.05) is 0 Å². The summed E-state index contributed by atoms with van der Waals surface area (Å²) in [7, 11) is -3.59. The normalized spacial score (nSPS) is 16.9. The second-order valence-electron chi connectivity index (χ2n) is 7.03. The van der Waals surface area contributed by atoms with Gasteiger partial charge in [-0.15, -0.1) is 0 Å². The molecule has 6 nitrogen and oxygen atoms in total. The quantitative estimate of drug-likeness (QED) is 0.725. The number of rotatable bonds is 6. The van der Waals surface area contributed by atoms with Gasteiger partial charge in [0.15, 0.2) is 0 Å². The van der Waals surface area contributed by atoms with Crippen LogP contribution in [0.5, 0.6) is 0 Å². The van der Waals surface area contributed by atoms with E-state index in [0.717, 1.165) is 12.8 Å². The predicted octanol–water partition coefficient (Wildman–Crippen LogP) is 1.23. The third kappa shape index (κ3) is 5.02. The summed E-state index contributed by atoms with van der Waals surface area (Å²) in [6.45, 7) is 5.74. The van der Waals surface area contributed by atoms with Gasteiger partial charge in [-0.2, -0.15) is 0 Å². The molecule has 1 atom stereocenters. The minimum absolute atomic E-state index is 0.00605. The molecule has 128 valence electrons. The Balaban J connectivity index is 2.08. The molecule has 1 unspecified atom stereocenters. The number of amides is 1. The van der Waals surface area contributed by atoms with E-state index < -0.39 is 15.6 Å². The first-order chi connectivity index (χ1) is 10.6. The van der Waals surface area contributed by atoms with Gasteiger partial charge in [0.25, 0.3) is 5.91 Å². The summed E-state index contributed by atoms with van der Waals surface area (Å²) in [5, 5.41) is 2.91. The van der Waals surface area contributed by atoms with E-state index in [1.165, 1.54) is 24.3 Å². The average Bonchev–Trinajstić information content (AvgIpc) is 3.26. The van der Waals surface area contributed by atoms with E-state index >= 15 is 0 Å². The average molecular weight is 339 g/mol. The molecule has 0 spiro atoms. The Morgan fingerprint density at radius 3 is 2.26 bits per heavy atom. The molecular weight excluding hydrogens is 314 g/mol. The largest absolute Gasteiger partial charge is 0.348 e. The summed E-state index contributed by atoms with van der Waals surface area (Å²) in [5.74, 6) is 0.250. The first-order valence-corrected chi connectivity index (χ1v) is 9.26. The van der Waals surface area contributed by atoms with Crippen LogP contribution in [0, 0.1) is 5.92 Å². The van der Waals surface area contributed by atoms with Gasteiger partial charge in [0, 0.05) is 23.7 Å². The highest BCUT2D eigenvalue weighted by Crippen LogP contribution is 2.32. The van der Waals surface area contributed by atoms with E-state index in [1.54, 1.807) is 20.8 Å². The molecule has 0 heterocycles. The van der Waals surface area contributed by atoms with Gasteiger partial charge in [0.1, 0.15) is 0 Å². The van der Waals surface area contributed by atoms with Crippen molar-refractivity contribution in [3.05, 3.63) is 29.8 Å². The molecule has 2 rings (SSSR count). The minimum Gasteiger partial charge on any atom is -0.348 e. The van der Waals surface area contributed by atoms with Gasteiger partial charge in [0.05, 0.1) is 4.90 Å². The van der Waals surface area contributed by atoms with Crippen LogP contribution in [0.4, 0.5) is 0 Å². The molecule has 1 amide bonds. The van der Waals surface area contributed by atoms with E-state index in [9.17, 15) is 13.2 Å². The van der Waals surface area contributed by atoms with Gasteiger partial charge in [0.2, 0.25) is 10.0 Å². The van der Waals surface area contributed by atoms with Crippen LogP contribution in [-0.2, 0) is 10.0 Å². The van der Waals surface area contributed by atoms with Crippen molar-refractivity contribution in [2.75, 3.05) is 6.54 Å². The number of hydrogen-bond donors (Lipinski definition) is 3. The molecule has 23 heavy (non-hydrogen) atoms. The molecule has 7 heteroatoms. The molecule has 0 bridgehead atoms. The first kappa shape index (κ1) is 17.9. The zero-order valence-electron chi connectivity index (χ0n) is 13.8. The maximum Gasteiger partial charge on any atom is 0.251 e. The summed E-state index contributed by atoms with van der Waals surface area (Å²) in [6.07, 6.45) is 2.19. The molecule has 1 aliphatic carbocycles. The fourth-order valence-corrected chi connectivity index (χ4v) is 3.79. The Bertz CT molecular complexity index is 659. The molecule has 0 radical (unpaired) electrons. The Morgan fingerprint density at radius 1 is 1.26 bits per heavy atom. The summed E-state index contributed by atoms with van der Waals surface area (Å²) in [5.41, 5.74) is 5.55. The van der Waals surface area contributed by atoms with Crippen LogP contribution < -0.4 is 15.8 Å². The number of nitrogens with one attached hydrogen (secondary N) is 2. The highest BCUT2D eigenvalue weighted by atomic mass is 32.2. The third-order valence-corrected chi connectivity index (χ3v) is 5.40. The smallest absolute Gasteiger partial charge is 0.251 e. The number of nitrogens with two attached hydrogens (primary N) is 1. The van der Waals surface area contributed by atoms with E-state index in [2.05, 4.69) is 10.0 Å². The molecule has 1 aromatic carbocycles. The molecule has 0 aromatic heterocycles. The van der Waals surface area contributed by atoms with Gasteiger partial charge in [-0.3, -0.25) is 4.79 Å². The highest BCUT2D eigenvalue weighted by Gasteiger charge is 2.31. The maximum atomic E-state index is 12.2. The molecule has 1 fully saturated rings. The second kappa shape index (κ2) is 6.59. The fraction of sp³-hybridized carbons (Fsp3) is 0.562. The molecule has 1 saturated carbocycles. The lowest BCUT2D eigenvalue weighted by molar-refractivity contribution is 0.0933. The topological polar surface area (TPSA) is 101 Å². The lowest BCUT2D eigenvalue weighted by atomic mass is 10.1. The Hall–Kier alpha value is -1.44. The lowest BCUT2D eigenvalue weighted by Crippen LogP contribution is -2.42. The van der Waals surface area contributed by atoms with Crippen LogP contribution in [0.25, 0.3) is 0 Å². The monoisotopic (exact) mass is 339 g/mol. The van der Waals surface area contributed by atoms with Crippen molar-refractivity contribution in [3.63, 3.8) is 0 Å². The molecule has 0 saturated heterocycles. The maximum absolute atomic E-state index is 12.2.